The SMILES string of the molecule is CC(=O)Oc1c(NC(=O)c2ccccc2)oc(-c2cccc(Cl)c2F)c1O. The lowest BCUT2D eigenvalue weighted by atomic mass is 10.1. The molecule has 0 bridgehead atoms. The summed E-state index contributed by atoms with van der Waals surface area (Å²) in [6, 6.07) is 12.3. The highest BCUT2D eigenvalue weighted by Gasteiger charge is 2.27. The summed E-state index contributed by atoms with van der Waals surface area (Å²) in [6.07, 6.45) is 0. The average molecular weight is 390 g/mol. The molecule has 27 heavy (non-hydrogen) atoms. The molecule has 2 N–H and O–H groups in total. The molecule has 2 aromatic carbocycles. The van der Waals surface area contributed by atoms with Crippen LogP contribution in [-0.2, 0) is 4.79 Å². The van der Waals surface area contributed by atoms with Crippen molar-refractivity contribution in [3.05, 3.63) is 64.9 Å². The molecule has 3 aromatic rings. The zero-order valence-corrected chi connectivity index (χ0v) is 14.7. The maximum absolute atomic E-state index is 14.3. The van der Waals surface area contributed by atoms with Crippen molar-refractivity contribution in [3.8, 4) is 22.8 Å². The Hall–Kier alpha value is -3.32. The Bertz CT molecular complexity index is 1020. The Morgan fingerprint density at radius 2 is 1.85 bits per heavy atom. The number of ether oxygens (including phenoxy) is 1. The molecule has 1 heterocycles. The van der Waals surface area contributed by atoms with E-state index in [4.69, 9.17) is 20.8 Å². The quantitative estimate of drug-likeness (QED) is 0.635. The summed E-state index contributed by atoms with van der Waals surface area (Å²) in [6.45, 7) is 1.11. The number of carbonyl (C=O) groups is 2. The van der Waals surface area contributed by atoms with Crippen LogP contribution in [0.4, 0.5) is 10.3 Å². The van der Waals surface area contributed by atoms with Crippen LogP contribution in [0.5, 0.6) is 11.5 Å². The minimum atomic E-state index is -0.835. The number of rotatable bonds is 4. The number of esters is 1. The van der Waals surface area contributed by atoms with Crippen LogP contribution in [0.15, 0.2) is 52.9 Å². The van der Waals surface area contributed by atoms with Crippen LogP contribution in [0.2, 0.25) is 5.02 Å². The standard InChI is InChI=1S/C19H13ClFNO5/c1-10(23)26-17-15(24)16(12-8-5-9-13(20)14(12)21)27-19(17)22-18(25)11-6-3-2-4-7-11/h2-9,24H,1H3,(H,22,25). The molecule has 0 saturated heterocycles. The van der Waals surface area contributed by atoms with E-state index >= 15 is 0 Å². The molecule has 8 heteroatoms. The summed E-state index contributed by atoms with van der Waals surface area (Å²) in [7, 11) is 0. The van der Waals surface area contributed by atoms with Gasteiger partial charge < -0.3 is 14.3 Å². The zero-order chi connectivity index (χ0) is 19.6. The highest BCUT2D eigenvalue weighted by molar-refractivity contribution is 6.31. The fourth-order valence-electron chi connectivity index (χ4n) is 2.35. The van der Waals surface area contributed by atoms with Crippen molar-refractivity contribution >= 4 is 29.4 Å². The van der Waals surface area contributed by atoms with Crippen LogP contribution in [-0.4, -0.2) is 17.0 Å². The fraction of sp³-hybridized carbons (Fsp3) is 0.0526. The van der Waals surface area contributed by atoms with Gasteiger partial charge in [0, 0.05) is 12.5 Å². The van der Waals surface area contributed by atoms with Crippen LogP contribution in [0.1, 0.15) is 17.3 Å². The number of anilines is 1. The molecular formula is C19H13ClFNO5. The molecule has 0 aliphatic carbocycles. The van der Waals surface area contributed by atoms with Gasteiger partial charge in [0.05, 0.1) is 10.6 Å². The first-order chi connectivity index (χ1) is 12.9. The van der Waals surface area contributed by atoms with Gasteiger partial charge in [0.15, 0.2) is 11.6 Å². The van der Waals surface area contributed by atoms with E-state index in [1.165, 1.54) is 18.2 Å². The maximum atomic E-state index is 14.3. The van der Waals surface area contributed by atoms with E-state index < -0.39 is 29.2 Å². The van der Waals surface area contributed by atoms with E-state index in [-0.39, 0.29) is 22.2 Å². The van der Waals surface area contributed by atoms with Gasteiger partial charge in [-0.05, 0) is 24.3 Å². The third kappa shape index (κ3) is 3.78. The van der Waals surface area contributed by atoms with E-state index in [1.54, 1.807) is 30.3 Å². The normalized spacial score (nSPS) is 10.5. The molecule has 0 atom stereocenters. The van der Waals surface area contributed by atoms with Crippen molar-refractivity contribution in [1.82, 2.24) is 0 Å². The molecule has 0 saturated carbocycles. The van der Waals surface area contributed by atoms with Crippen LogP contribution < -0.4 is 10.1 Å². The van der Waals surface area contributed by atoms with E-state index in [0.717, 1.165) is 6.92 Å². The molecule has 1 amide bonds. The number of nitrogens with one attached hydrogen (secondary N) is 1. The molecular weight excluding hydrogens is 377 g/mol. The monoisotopic (exact) mass is 389 g/mol. The fourth-order valence-corrected chi connectivity index (χ4v) is 2.53. The predicted octanol–water partition coefficient (Wildman–Crippen LogP) is 4.62. The third-order valence-electron chi connectivity index (χ3n) is 3.55. The summed E-state index contributed by atoms with van der Waals surface area (Å²) in [5, 5.41) is 12.6. The maximum Gasteiger partial charge on any atom is 0.308 e. The van der Waals surface area contributed by atoms with Crippen molar-refractivity contribution in [3.63, 3.8) is 0 Å². The van der Waals surface area contributed by atoms with Gasteiger partial charge in [-0.15, -0.1) is 0 Å². The summed E-state index contributed by atoms with van der Waals surface area (Å²) in [5.74, 6) is -3.93. The van der Waals surface area contributed by atoms with Gasteiger partial charge in [-0.3, -0.25) is 14.9 Å². The van der Waals surface area contributed by atoms with Crippen molar-refractivity contribution in [2.24, 2.45) is 0 Å². The van der Waals surface area contributed by atoms with Crippen molar-refractivity contribution in [2.75, 3.05) is 5.32 Å². The smallest absolute Gasteiger partial charge is 0.308 e. The van der Waals surface area contributed by atoms with Crippen LogP contribution in [0.3, 0.4) is 0 Å². The van der Waals surface area contributed by atoms with E-state index in [0.29, 0.717) is 5.56 Å². The highest BCUT2D eigenvalue weighted by atomic mass is 35.5. The molecule has 0 fully saturated rings. The van der Waals surface area contributed by atoms with Crippen LogP contribution >= 0.6 is 11.6 Å². The molecule has 6 nitrogen and oxygen atoms in total. The van der Waals surface area contributed by atoms with Gasteiger partial charge in [0.1, 0.15) is 0 Å². The first kappa shape index (κ1) is 18.5. The number of carbonyl (C=O) groups excluding carboxylic acids is 2. The van der Waals surface area contributed by atoms with Gasteiger partial charge >= 0.3 is 5.97 Å². The van der Waals surface area contributed by atoms with Crippen LogP contribution in [0.25, 0.3) is 11.3 Å². The number of hydrogen-bond acceptors (Lipinski definition) is 5. The lowest BCUT2D eigenvalue weighted by Crippen LogP contribution is -2.12. The Balaban J connectivity index is 2.06. The minimum Gasteiger partial charge on any atom is -0.502 e. The molecule has 3 rings (SSSR count). The van der Waals surface area contributed by atoms with E-state index in [1.807, 2.05) is 0 Å². The minimum absolute atomic E-state index is 0.159. The Morgan fingerprint density at radius 3 is 2.52 bits per heavy atom. The van der Waals surface area contributed by atoms with Crippen molar-refractivity contribution in [1.29, 1.82) is 0 Å². The van der Waals surface area contributed by atoms with Crippen molar-refractivity contribution in [2.45, 2.75) is 6.92 Å². The largest absolute Gasteiger partial charge is 0.502 e. The molecule has 0 unspecified atom stereocenters. The topological polar surface area (TPSA) is 88.8 Å². The van der Waals surface area contributed by atoms with Gasteiger partial charge in [-0.2, -0.15) is 0 Å². The summed E-state index contributed by atoms with van der Waals surface area (Å²) >= 11 is 5.76. The second kappa shape index (κ2) is 7.51. The highest BCUT2D eigenvalue weighted by Crippen LogP contribution is 2.47. The number of aromatic hydroxyl groups is 1. The molecule has 138 valence electrons. The summed E-state index contributed by atoms with van der Waals surface area (Å²) < 4.78 is 24.6. The predicted molar refractivity (Wildman–Crippen MR) is 96.5 cm³/mol. The summed E-state index contributed by atoms with van der Waals surface area (Å²) in [4.78, 5) is 23.7. The van der Waals surface area contributed by atoms with Gasteiger partial charge in [-0.1, -0.05) is 35.9 Å². The van der Waals surface area contributed by atoms with Gasteiger partial charge in [0.25, 0.3) is 5.91 Å². The lowest BCUT2D eigenvalue weighted by Gasteiger charge is -2.04. The number of amides is 1. The first-order valence-electron chi connectivity index (χ1n) is 7.73. The summed E-state index contributed by atoms with van der Waals surface area (Å²) in [5.41, 5.74) is 0.145. The van der Waals surface area contributed by atoms with Crippen LogP contribution in [0, 0.1) is 5.82 Å². The van der Waals surface area contributed by atoms with Gasteiger partial charge in [-0.25, -0.2) is 4.39 Å². The van der Waals surface area contributed by atoms with E-state index in [9.17, 15) is 19.1 Å². The third-order valence-corrected chi connectivity index (χ3v) is 3.84. The molecule has 0 spiro atoms. The second-order valence-electron chi connectivity index (χ2n) is 5.45. The van der Waals surface area contributed by atoms with Crippen molar-refractivity contribution < 1.29 is 28.2 Å². The number of halogens is 2. The zero-order valence-electron chi connectivity index (χ0n) is 14.0. The number of hydrogen-bond donors (Lipinski definition) is 2. The number of furan rings is 1. The molecule has 0 aliphatic rings. The Morgan fingerprint density at radius 1 is 1.15 bits per heavy atom. The Labute approximate surface area is 158 Å². The Kier molecular flexibility index (Phi) is 5.14. The molecule has 0 aliphatic heterocycles. The van der Waals surface area contributed by atoms with Gasteiger partial charge in [0.2, 0.25) is 17.4 Å². The second-order valence-corrected chi connectivity index (χ2v) is 5.86. The lowest BCUT2D eigenvalue weighted by molar-refractivity contribution is -0.132. The average Bonchev–Trinajstić information content (AvgIpc) is 2.93. The molecule has 0 radical (unpaired) electrons. The molecule has 1 aromatic heterocycles. The van der Waals surface area contributed by atoms with E-state index in [2.05, 4.69) is 5.32 Å². The first-order valence-corrected chi connectivity index (χ1v) is 8.11. The number of benzene rings is 2.